The van der Waals surface area contributed by atoms with Crippen molar-refractivity contribution in [2.45, 2.75) is 18.7 Å². The Bertz CT molecular complexity index is 1340. The first-order chi connectivity index (χ1) is 16.3. The number of esters is 1. The Balaban J connectivity index is 1.73. The largest absolute Gasteiger partial charge is 0.423 e. The third-order valence-corrected chi connectivity index (χ3v) is 7.18. The van der Waals surface area contributed by atoms with Crippen molar-refractivity contribution in [1.29, 1.82) is 5.26 Å². The molecule has 0 N–H and O–H groups in total. The quantitative estimate of drug-likeness (QED) is 0.194. The van der Waals surface area contributed by atoms with Gasteiger partial charge >= 0.3 is 5.97 Å². The molecule has 0 aromatic heterocycles. The van der Waals surface area contributed by atoms with E-state index in [1.54, 1.807) is 56.3 Å². The summed E-state index contributed by atoms with van der Waals surface area (Å²) in [5.41, 5.74) is 1.20. The molecular weight excluding hydrogens is 455 g/mol. The van der Waals surface area contributed by atoms with Gasteiger partial charge in [-0.05, 0) is 54.1 Å². The number of ether oxygens (including phenoxy) is 1. The van der Waals surface area contributed by atoms with Gasteiger partial charge in [0.05, 0.1) is 22.1 Å². The lowest BCUT2D eigenvalue weighted by Crippen LogP contribution is -2.30. The lowest BCUT2D eigenvalue weighted by Gasteiger charge is -2.18. The van der Waals surface area contributed by atoms with Crippen LogP contribution in [0.1, 0.15) is 35.3 Å². The maximum Gasteiger partial charge on any atom is 0.343 e. The fraction of sp³-hybridized carbons (Fsp3) is 0.154. The van der Waals surface area contributed by atoms with Crippen molar-refractivity contribution in [2.75, 3.05) is 13.1 Å². The Kier molecular flexibility index (Phi) is 7.95. The van der Waals surface area contributed by atoms with Crippen LogP contribution in [0.3, 0.4) is 0 Å². The minimum atomic E-state index is -3.61. The smallest absolute Gasteiger partial charge is 0.343 e. The van der Waals surface area contributed by atoms with Crippen molar-refractivity contribution in [3.63, 3.8) is 0 Å². The molecule has 0 saturated carbocycles. The molecule has 8 heteroatoms. The van der Waals surface area contributed by atoms with Crippen LogP contribution in [0.4, 0.5) is 4.39 Å². The molecule has 0 atom stereocenters. The average Bonchev–Trinajstić information content (AvgIpc) is 2.84. The number of allylic oxidation sites excluding steroid dienone is 1. The molecule has 0 saturated heterocycles. The van der Waals surface area contributed by atoms with Gasteiger partial charge in [-0.2, -0.15) is 9.57 Å². The second-order valence-electron chi connectivity index (χ2n) is 7.22. The summed E-state index contributed by atoms with van der Waals surface area (Å²) in [5, 5.41) is 9.40. The summed E-state index contributed by atoms with van der Waals surface area (Å²) in [4.78, 5) is 12.6. The van der Waals surface area contributed by atoms with Crippen molar-refractivity contribution in [2.24, 2.45) is 0 Å². The van der Waals surface area contributed by atoms with Crippen molar-refractivity contribution in [1.82, 2.24) is 4.31 Å². The molecule has 3 rings (SSSR count). The van der Waals surface area contributed by atoms with Gasteiger partial charge in [0.2, 0.25) is 10.0 Å². The number of halogens is 1. The fourth-order valence-corrected chi connectivity index (χ4v) is 4.75. The Labute approximate surface area is 198 Å². The maximum atomic E-state index is 14.0. The van der Waals surface area contributed by atoms with Gasteiger partial charge < -0.3 is 4.74 Å². The molecule has 0 unspecified atom stereocenters. The third-order valence-electron chi connectivity index (χ3n) is 5.12. The zero-order chi connectivity index (χ0) is 24.7. The zero-order valence-electron chi connectivity index (χ0n) is 18.7. The highest BCUT2D eigenvalue weighted by Gasteiger charge is 2.22. The van der Waals surface area contributed by atoms with E-state index in [0.717, 1.165) is 0 Å². The Morgan fingerprint density at radius 3 is 2.18 bits per heavy atom. The molecule has 174 valence electrons. The monoisotopic (exact) mass is 478 g/mol. The van der Waals surface area contributed by atoms with Crippen LogP contribution >= 0.6 is 0 Å². The molecule has 0 radical (unpaired) electrons. The fourth-order valence-electron chi connectivity index (χ4n) is 3.29. The van der Waals surface area contributed by atoms with Crippen LogP contribution in [0.5, 0.6) is 5.75 Å². The van der Waals surface area contributed by atoms with E-state index in [0.29, 0.717) is 18.7 Å². The summed E-state index contributed by atoms with van der Waals surface area (Å²) in [5.74, 6) is -0.859. The number of carbonyl (C=O) groups is 1. The Hall–Kier alpha value is -3.80. The number of hydrogen-bond donors (Lipinski definition) is 0. The normalized spacial score (nSPS) is 11.8. The molecule has 0 heterocycles. The van der Waals surface area contributed by atoms with E-state index in [-0.39, 0.29) is 27.3 Å². The molecule has 3 aromatic rings. The van der Waals surface area contributed by atoms with Gasteiger partial charge in [0.25, 0.3) is 0 Å². The van der Waals surface area contributed by atoms with Crippen LogP contribution in [-0.4, -0.2) is 31.8 Å². The standard InChI is InChI=1S/C26H23FN2O4S/c1-3-29(4-2)34(31,32)23-15-11-20(12-16-23)26(30)33-22-13-9-19(10-14-22)17-21(18-28)24-7-5-6-8-25(24)27/h5-17H,3-4H2,1-2H3/b21-17-. The second-order valence-corrected chi connectivity index (χ2v) is 9.16. The minimum Gasteiger partial charge on any atom is -0.423 e. The van der Waals surface area contributed by atoms with E-state index < -0.39 is 21.8 Å². The lowest BCUT2D eigenvalue weighted by molar-refractivity contribution is 0.0734. The van der Waals surface area contributed by atoms with E-state index in [1.165, 1.54) is 40.7 Å². The predicted octanol–water partition coefficient (Wildman–Crippen LogP) is 5.14. The molecular formula is C26H23FN2O4S. The third kappa shape index (κ3) is 5.57. The number of sulfonamides is 1. The number of rotatable bonds is 8. The van der Waals surface area contributed by atoms with Gasteiger partial charge in [-0.3, -0.25) is 0 Å². The van der Waals surface area contributed by atoms with Crippen molar-refractivity contribution in [3.8, 4) is 11.8 Å². The van der Waals surface area contributed by atoms with Crippen LogP contribution in [0.25, 0.3) is 11.6 Å². The second kappa shape index (κ2) is 10.9. The molecule has 0 aliphatic heterocycles. The minimum absolute atomic E-state index is 0.104. The zero-order valence-corrected chi connectivity index (χ0v) is 19.5. The van der Waals surface area contributed by atoms with Crippen LogP contribution in [0, 0.1) is 17.1 Å². The first-order valence-corrected chi connectivity index (χ1v) is 12.0. The molecule has 0 bridgehead atoms. The highest BCUT2D eigenvalue weighted by Crippen LogP contribution is 2.23. The molecule has 0 spiro atoms. The van der Waals surface area contributed by atoms with Crippen LogP contribution in [0.2, 0.25) is 0 Å². The molecule has 0 fully saturated rings. The first kappa shape index (κ1) is 24.8. The highest BCUT2D eigenvalue weighted by molar-refractivity contribution is 7.89. The lowest BCUT2D eigenvalue weighted by atomic mass is 10.0. The van der Waals surface area contributed by atoms with E-state index in [2.05, 4.69) is 0 Å². The Morgan fingerprint density at radius 2 is 1.62 bits per heavy atom. The molecule has 3 aromatic carbocycles. The predicted molar refractivity (Wildman–Crippen MR) is 128 cm³/mol. The summed E-state index contributed by atoms with van der Waals surface area (Å²) >= 11 is 0. The summed E-state index contributed by atoms with van der Waals surface area (Å²) in [6.07, 6.45) is 1.54. The molecule has 0 aliphatic rings. The van der Waals surface area contributed by atoms with Gasteiger partial charge in [0.1, 0.15) is 11.6 Å². The molecule has 34 heavy (non-hydrogen) atoms. The number of nitriles is 1. The number of benzene rings is 3. The summed E-state index contributed by atoms with van der Waals surface area (Å²) in [7, 11) is -3.61. The molecule has 0 amide bonds. The summed E-state index contributed by atoms with van der Waals surface area (Å²) in [6, 6.07) is 20.0. The summed E-state index contributed by atoms with van der Waals surface area (Å²) in [6.45, 7) is 4.22. The molecule has 6 nitrogen and oxygen atoms in total. The van der Waals surface area contributed by atoms with Gasteiger partial charge in [0, 0.05) is 18.7 Å². The van der Waals surface area contributed by atoms with Crippen LogP contribution in [0.15, 0.2) is 77.7 Å². The van der Waals surface area contributed by atoms with E-state index >= 15 is 0 Å². The van der Waals surface area contributed by atoms with E-state index in [9.17, 15) is 22.9 Å². The van der Waals surface area contributed by atoms with Crippen molar-refractivity contribution < 1.29 is 22.3 Å². The highest BCUT2D eigenvalue weighted by atomic mass is 32.2. The van der Waals surface area contributed by atoms with Gasteiger partial charge in [0.15, 0.2) is 0 Å². The van der Waals surface area contributed by atoms with Gasteiger partial charge in [-0.25, -0.2) is 17.6 Å². The number of hydrogen-bond acceptors (Lipinski definition) is 5. The van der Waals surface area contributed by atoms with E-state index in [1.807, 2.05) is 6.07 Å². The molecule has 0 aliphatic carbocycles. The number of carbonyl (C=O) groups excluding carboxylic acids is 1. The Morgan fingerprint density at radius 1 is 1.00 bits per heavy atom. The van der Waals surface area contributed by atoms with E-state index in [4.69, 9.17) is 4.74 Å². The SMILES string of the molecule is CCN(CC)S(=O)(=O)c1ccc(C(=O)Oc2ccc(/C=C(/C#N)c3ccccc3F)cc2)cc1. The summed E-state index contributed by atoms with van der Waals surface area (Å²) < 4.78 is 45.8. The number of nitrogens with zero attached hydrogens (tertiary/aromatic N) is 2. The van der Waals surface area contributed by atoms with Gasteiger partial charge in [-0.1, -0.05) is 44.2 Å². The van der Waals surface area contributed by atoms with Crippen molar-refractivity contribution >= 4 is 27.6 Å². The maximum absolute atomic E-state index is 14.0. The van der Waals surface area contributed by atoms with Crippen molar-refractivity contribution in [3.05, 3.63) is 95.3 Å². The van der Waals surface area contributed by atoms with Gasteiger partial charge in [-0.15, -0.1) is 0 Å². The van der Waals surface area contributed by atoms with Crippen LogP contribution < -0.4 is 4.74 Å². The topological polar surface area (TPSA) is 87.5 Å². The van der Waals surface area contributed by atoms with Crippen LogP contribution in [-0.2, 0) is 10.0 Å². The average molecular weight is 479 g/mol. The first-order valence-electron chi connectivity index (χ1n) is 10.6.